The second-order valence-corrected chi connectivity index (χ2v) is 4.91. The molecule has 1 aromatic carbocycles. The van der Waals surface area contributed by atoms with Crippen LogP contribution in [0.5, 0.6) is 0 Å². The van der Waals surface area contributed by atoms with Crippen molar-refractivity contribution < 1.29 is 19.4 Å². The van der Waals surface area contributed by atoms with E-state index in [4.69, 9.17) is 19.4 Å². The van der Waals surface area contributed by atoms with E-state index >= 15 is 0 Å². The molecule has 4 atom stereocenters. The van der Waals surface area contributed by atoms with Crippen LogP contribution in [-0.2, 0) is 14.2 Å². The van der Waals surface area contributed by atoms with Crippen LogP contribution in [0.1, 0.15) is 25.2 Å². The average molecular weight is 263 g/mol. The van der Waals surface area contributed by atoms with Crippen molar-refractivity contribution in [2.24, 2.45) is 5.16 Å². The first-order valence-corrected chi connectivity index (χ1v) is 6.46. The lowest BCUT2D eigenvalue weighted by Gasteiger charge is -2.41. The van der Waals surface area contributed by atoms with Crippen LogP contribution in [0, 0.1) is 0 Å². The van der Waals surface area contributed by atoms with Gasteiger partial charge in [-0.25, -0.2) is 0 Å². The summed E-state index contributed by atoms with van der Waals surface area (Å²) in [5.74, 6) is 0. The molecular formula is C14H17NO4. The maximum Gasteiger partial charge on any atom is 0.184 e. The van der Waals surface area contributed by atoms with Gasteiger partial charge in [0.05, 0.1) is 18.4 Å². The molecule has 0 aliphatic carbocycles. The Labute approximate surface area is 111 Å². The zero-order valence-electron chi connectivity index (χ0n) is 10.7. The van der Waals surface area contributed by atoms with Gasteiger partial charge in [0, 0.05) is 12.0 Å². The minimum atomic E-state index is -0.434. The van der Waals surface area contributed by atoms with E-state index in [2.05, 4.69) is 5.16 Å². The van der Waals surface area contributed by atoms with E-state index in [0.717, 1.165) is 5.56 Å². The Morgan fingerprint density at radius 3 is 2.74 bits per heavy atom. The first-order chi connectivity index (χ1) is 9.28. The van der Waals surface area contributed by atoms with Gasteiger partial charge in [-0.3, -0.25) is 0 Å². The summed E-state index contributed by atoms with van der Waals surface area (Å²) in [5, 5.41) is 12.5. The summed E-state index contributed by atoms with van der Waals surface area (Å²) >= 11 is 0. The summed E-state index contributed by atoms with van der Waals surface area (Å²) in [6.45, 7) is 2.39. The van der Waals surface area contributed by atoms with Crippen LogP contribution in [-0.4, -0.2) is 35.8 Å². The van der Waals surface area contributed by atoms with Crippen LogP contribution in [0.2, 0.25) is 0 Å². The van der Waals surface area contributed by atoms with Gasteiger partial charge in [0.1, 0.15) is 12.2 Å². The quantitative estimate of drug-likeness (QED) is 0.622. The van der Waals surface area contributed by atoms with Crippen molar-refractivity contribution in [2.75, 3.05) is 6.61 Å². The molecule has 1 N–H and O–H groups in total. The monoisotopic (exact) mass is 263 g/mol. The highest BCUT2D eigenvalue weighted by Gasteiger charge is 2.41. The molecule has 2 heterocycles. The molecule has 4 unspecified atom stereocenters. The molecular weight excluding hydrogens is 246 g/mol. The molecule has 2 saturated heterocycles. The molecule has 2 fully saturated rings. The molecule has 0 saturated carbocycles. The van der Waals surface area contributed by atoms with Crippen LogP contribution in [0.15, 0.2) is 35.5 Å². The third-order valence-electron chi connectivity index (χ3n) is 3.45. The Hall–Kier alpha value is -1.43. The Kier molecular flexibility index (Phi) is 3.50. The van der Waals surface area contributed by atoms with Crippen LogP contribution in [0.4, 0.5) is 0 Å². The molecule has 2 aliphatic rings. The van der Waals surface area contributed by atoms with Crippen molar-refractivity contribution >= 4 is 5.71 Å². The minimum Gasteiger partial charge on any atom is -0.411 e. The fourth-order valence-electron chi connectivity index (χ4n) is 2.57. The molecule has 5 nitrogen and oxygen atoms in total. The number of fused-ring (bicyclic) bond motifs is 1. The number of oxime groups is 1. The molecule has 0 aromatic heterocycles. The van der Waals surface area contributed by atoms with Gasteiger partial charge in [-0.1, -0.05) is 35.5 Å². The van der Waals surface area contributed by atoms with Crippen LogP contribution < -0.4 is 0 Å². The molecule has 2 aliphatic heterocycles. The van der Waals surface area contributed by atoms with Gasteiger partial charge >= 0.3 is 0 Å². The average Bonchev–Trinajstić information content (AvgIpc) is 2.46. The largest absolute Gasteiger partial charge is 0.411 e. The maximum absolute atomic E-state index is 9.12. The fourth-order valence-corrected chi connectivity index (χ4v) is 2.57. The number of hydrogen-bond acceptors (Lipinski definition) is 5. The normalized spacial score (nSPS) is 37.0. The highest BCUT2D eigenvalue weighted by Crippen LogP contribution is 2.32. The molecule has 0 bridgehead atoms. The molecule has 19 heavy (non-hydrogen) atoms. The number of hydrogen-bond donors (Lipinski definition) is 1. The van der Waals surface area contributed by atoms with Crippen molar-refractivity contribution in [3.05, 3.63) is 35.9 Å². The Morgan fingerprint density at radius 2 is 2.00 bits per heavy atom. The number of benzene rings is 1. The molecule has 0 amide bonds. The van der Waals surface area contributed by atoms with Crippen LogP contribution in [0.3, 0.4) is 0 Å². The summed E-state index contributed by atoms with van der Waals surface area (Å²) in [6.07, 6.45) is -0.363. The lowest BCUT2D eigenvalue weighted by atomic mass is 9.98. The molecule has 0 spiro atoms. The van der Waals surface area contributed by atoms with Crippen LogP contribution >= 0.6 is 0 Å². The Morgan fingerprint density at radius 1 is 1.21 bits per heavy atom. The zero-order chi connectivity index (χ0) is 13.2. The van der Waals surface area contributed by atoms with E-state index in [0.29, 0.717) is 18.7 Å². The Bertz CT molecular complexity index is 462. The first-order valence-electron chi connectivity index (χ1n) is 6.46. The predicted octanol–water partition coefficient (Wildman–Crippen LogP) is 2.11. The fraction of sp³-hybridized carbons (Fsp3) is 0.500. The SMILES string of the molecule is CC1C/C(=N\O)C2OC(c3ccccc3)OCC2O1. The number of nitrogens with zero attached hydrogens (tertiary/aromatic N) is 1. The van der Waals surface area contributed by atoms with Crippen molar-refractivity contribution in [1.82, 2.24) is 0 Å². The van der Waals surface area contributed by atoms with Gasteiger partial charge in [0.2, 0.25) is 0 Å². The van der Waals surface area contributed by atoms with Crippen LogP contribution in [0.25, 0.3) is 0 Å². The lowest BCUT2D eigenvalue weighted by molar-refractivity contribution is -0.261. The minimum absolute atomic E-state index is 0.0209. The third kappa shape index (κ3) is 2.49. The maximum atomic E-state index is 9.12. The van der Waals surface area contributed by atoms with Gasteiger partial charge in [-0.05, 0) is 6.92 Å². The summed E-state index contributed by atoms with van der Waals surface area (Å²) in [4.78, 5) is 0. The summed E-state index contributed by atoms with van der Waals surface area (Å²) < 4.78 is 17.3. The molecule has 102 valence electrons. The molecule has 5 heteroatoms. The molecule has 0 radical (unpaired) electrons. The van der Waals surface area contributed by atoms with Crippen molar-refractivity contribution in [3.8, 4) is 0 Å². The standard InChI is InChI=1S/C14H17NO4/c1-9-7-11(15-16)13-12(18-9)8-17-14(19-13)10-5-3-2-4-6-10/h2-6,9,12-14,16H,7-8H2,1H3/b15-11+. The number of rotatable bonds is 1. The summed E-state index contributed by atoms with van der Waals surface area (Å²) in [7, 11) is 0. The highest BCUT2D eigenvalue weighted by atomic mass is 16.7. The van der Waals surface area contributed by atoms with Gasteiger partial charge in [-0.2, -0.15) is 0 Å². The van der Waals surface area contributed by atoms with E-state index < -0.39 is 6.29 Å². The zero-order valence-corrected chi connectivity index (χ0v) is 10.7. The topological polar surface area (TPSA) is 60.3 Å². The van der Waals surface area contributed by atoms with Gasteiger partial charge in [0.25, 0.3) is 0 Å². The van der Waals surface area contributed by atoms with E-state index in [9.17, 15) is 0 Å². The van der Waals surface area contributed by atoms with Gasteiger partial charge in [0.15, 0.2) is 6.29 Å². The third-order valence-corrected chi connectivity index (χ3v) is 3.45. The van der Waals surface area contributed by atoms with Gasteiger partial charge in [-0.15, -0.1) is 0 Å². The van der Waals surface area contributed by atoms with Crippen molar-refractivity contribution in [2.45, 2.75) is 37.9 Å². The van der Waals surface area contributed by atoms with E-state index in [1.807, 2.05) is 37.3 Å². The second kappa shape index (κ2) is 5.28. The smallest absolute Gasteiger partial charge is 0.184 e. The van der Waals surface area contributed by atoms with E-state index in [1.54, 1.807) is 0 Å². The van der Waals surface area contributed by atoms with E-state index in [1.165, 1.54) is 0 Å². The summed E-state index contributed by atoms with van der Waals surface area (Å²) in [6, 6.07) is 9.73. The molecule has 1 aromatic rings. The van der Waals surface area contributed by atoms with Crippen molar-refractivity contribution in [1.29, 1.82) is 0 Å². The Balaban J connectivity index is 1.78. The second-order valence-electron chi connectivity index (χ2n) is 4.91. The van der Waals surface area contributed by atoms with E-state index in [-0.39, 0.29) is 18.3 Å². The van der Waals surface area contributed by atoms with Crippen molar-refractivity contribution in [3.63, 3.8) is 0 Å². The first kappa shape index (κ1) is 12.6. The van der Waals surface area contributed by atoms with Gasteiger partial charge < -0.3 is 19.4 Å². The lowest BCUT2D eigenvalue weighted by Crippen LogP contribution is -2.52. The summed E-state index contributed by atoms with van der Waals surface area (Å²) in [5.41, 5.74) is 1.59. The number of ether oxygens (including phenoxy) is 3. The predicted molar refractivity (Wildman–Crippen MR) is 68.2 cm³/mol. The highest BCUT2D eigenvalue weighted by molar-refractivity contribution is 5.90. The molecule has 3 rings (SSSR count).